The maximum absolute atomic E-state index is 12.0. The van der Waals surface area contributed by atoms with Gasteiger partial charge in [-0.3, -0.25) is 4.79 Å². The molecule has 2 nitrogen and oxygen atoms in total. The SMILES string of the molecule is C/C=C1\Cc2c(Br)ccc(OC)c2C1=O. The summed E-state index contributed by atoms with van der Waals surface area (Å²) in [5.41, 5.74) is 2.59. The Morgan fingerprint density at radius 1 is 1.47 bits per heavy atom. The topological polar surface area (TPSA) is 26.3 Å². The molecule has 1 aliphatic rings. The second kappa shape index (κ2) is 3.81. The predicted molar refractivity (Wildman–Crippen MR) is 62.5 cm³/mol. The van der Waals surface area contributed by atoms with E-state index in [-0.39, 0.29) is 5.78 Å². The van der Waals surface area contributed by atoms with E-state index in [0.717, 1.165) is 15.6 Å². The molecule has 0 radical (unpaired) electrons. The maximum Gasteiger partial charge on any atom is 0.193 e. The number of carbonyl (C=O) groups is 1. The Balaban J connectivity index is 2.67. The highest BCUT2D eigenvalue weighted by Crippen LogP contribution is 2.37. The van der Waals surface area contributed by atoms with Crippen molar-refractivity contribution in [3.05, 3.63) is 39.4 Å². The van der Waals surface area contributed by atoms with Crippen LogP contribution in [0.3, 0.4) is 0 Å². The van der Waals surface area contributed by atoms with E-state index in [9.17, 15) is 4.79 Å². The molecule has 0 aromatic heterocycles. The summed E-state index contributed by atoms with van der Waals surface area (Å²) in [5.74, 6) is 0.751. The van der Waals surface area contributed by atoms with Crippen molar-refractivity contribution in [3.8, 4) is 5.75 Å². The Bertz CT molecular complexity index is 461. The number of ether oxygens (including phenoxy) is 1. The summed E-state index contributed by atoms with van der Waals surface area (Å²) in [7, 11) is 1.59. The van der Waals surface area contributed by atoms with Crippen LogP contribution in [0.5, 0.6) is 5.75 Å². The van der Waals surface area contributed by atoms with Gasteiger partial charge in [-0.1, -0.05) is 22.0 Å². The van der Waals surface area contributed by atoms with Crippen molar-refractivity contribution in [1.29, 1.82) is 0 Å². The molecule has 2 rings (SSSR count). The van der Waals surface area contributed by atoms with E-state index in [4.69, 9.17) is 4.74 Å². The number of benzene rings is 1. The largest absolute Gasteiger partial charge is 0.496 e. The van der Waals surface area contributed by atoms with Crippen LogP contribution in [0.25, 0.3) is 0 Å². The number of allylic oxidation sites excluding steroid dienone is 2. The van der Waals surface area contributed by atoms with E-state index >= 15 is 0 Å². The van der Waals surface area contributed by atoms with Gasteiger partial charge in [0.05, 0.1) is 12.7 Å². The summed E-state index contributed by atoms with van der Waals surface area (Å²) in [6.07, 6.45) is 2.57. The van der Waals surface area contributed by atoms with Gasteiger partial charge in [-0.25, -0.2) is 0 Å². The fourth-order valence-electron chi connectivity index (χ4n) is 1.86. The standard InChI is InChI=1S/C12H11BrO2/c1-3-7-6-8-9(13)4-5-10(15-2)11(8)12(7)14/h3-5H,6H2,1-2H3/b7-3+. The number of Topliss-reactive ketones (excluding diaryl/α,β-unsaturated/α-hetero) is 1. The van der Waals surface area contributed by atoms with E-state index in [0.29, 0.717) is 17.7 Å². The van der Waals surface area contributed by atoms with Gasteiger partial charge in [0.1, 0.15) is 5.75 Å². The van der Waals surface area contributed by atoms with Crippen LogP contribution in [0.15, 0.2) is 28.3 Å². The van der Waals surface area contributed by atoms with Gasteiger partial charge in [0, 0.05) is 16.5 Å². The molecule has 1 aliphatic carbocycles. The first-order valence-electron chi connectivity index (χ1n) is 4.74. The van der Waals surface area contributed by atoms with Gasteiger partial charge in [0.2, 0.25) is 0 Å². The van der Waals surface area contributed by atoms with Crippen LogP contribution < -0.4 is 4.74 Å². The second-order valence-corrected chi connectivity index (χ2v) is 4.28. The molecule has 0 heterocycles. The van der Waals surface area contributed by atoms with Crippen molar-refractivity contribution in [2.75, 3.05) is 7.11 Å². The average molecular weight is 267 g/mol. The minimum absolute atomic E-state index is 0.0886. The molecule has 0 unspecified atom stereocenters. The second-order valence-electron chi connectivity index (χ2n) is 3.42. The van der Waals surface area contributed by atoms with Crippen molar-refractivity contribution in [2.45, 2.75) is 13.3 Å². The number of rotatable bonds is 1. The van der Waals surface area contributed by atoms with Crippen LogP contribution in [0.2, 0.25) is 0 Å². The number of halogens is 1. The Morgan fingerprint density at radius 3 is 2.80 bits per heavy atom. The average Bonchev–Trinajstić information content (AvgIpc) is 2.58. The zero-order valence-electron chi connectivity index (χ0n) is 8.63. The molecule has 1 aromatic carbocycles. The summed E-state index contributed by atoms with van der Waals surface area (Å²) in [6.45, 7) is 1.89. The number of hydrogen-bond acceptors (Lipinski definition) is 2. The zero-order chi connectivity index (χ0) is 11.0. The van der Waals surface area contributed by atoms with Gasteiger partial charge in [0.15, 0.2) is 5.78 Å². The quantitative estimate of drug-likeness (QED) is 0.730. The first kappa shape index (κ1) is 10.4. The van der Waals surface area contributed by atoms with Crippen molar-refractivity contribution < 1.29 is 9.53 Å². The van der Waals surface area contributed by atoms with E-state index in [1.807, 2.05) is 25.1 Å². The summed E-state index contributed by atoms with van der Waals surface area (Å²) in [6, 6.07) is 3.74. The molecule has 0 fully saturated rings. The fourth-order valence-corrected chi connectivity index (χ4v) is 2.33. The Kier molecular flexibility index (Phi) is 2.65. The number of ketones is 1. The summed E-state index contributed by atoms with van der Waals surface area (Å²) >= 11 is 3.46. The number of fused-ring (bicyclic) bond motifs is 1. The molecular formula is C12H11BrO2. The highest BCUT2D eigenvalue weighted by atomic mass is 79.9. The fraction of sp³-hybridized carbons (Fsp3) is 0.250. The van der Waals surface area contributed by atoms with Gasteiger partial charge >= 0.3 is 0 Å². The van der Waals surface area contributed by atoms with Crippen LogP contribution >= 0.6 is 15.9 Å². The van der Waals surface area contributed by atoms with E-state index < -0.39 is 0 Å². The molecule has 3 heteroatoms. The van der Waals surface area contributed by atoms with E-state index in [2.05, 4.69) is 15.9 Å². The number of methoxy groups -OCH3 is 1. The molecule has 0 N–H and O–H groups in total. The summed E-state index contributed by atoms with van der Waals surface area (Å²) in [5, 5.41) is 0. The van der Waals surface area contributed by atoms with Gasteiger partial charge in [-0.2, -0.15) is 0 Å². The lowest BCUT2D eigenvalue weighted by atomic mass is 10.1. The zero-order valence-corrected chi connectivity index (χ0v) is 10.2. The van der Waals surface area contributed by atoms with Gasteiger partial charge in [0.25, 0.3) is 0 Å². The molecular weight excluding hydrogens is 256 g/mol. The third-order valence-electron chi connectivity index (χ3n) is 2.67. The van der Waals surface area contributed by atoms with E-state index in [1.165, 1.54) is 0 Å². The first-order valence-corrected chi connectivity index (χ1v) is 5.53. The van der Waals surface area contributed by atoms with Gasteiger partial charge < -0.3 is 4.74 Å². The molecule has 78 valence electrons. The molecule has 0 saturated heterocycles. The van der Waals surface area contributed by atoms with Crippen LogP contribution in [0.1, 0.15) is 22.8 Å². The lowest BCUT2D eigenvalue weighted by Gasteiger charge is -2.06. The highest BCUT2D eigenvalue weighted by Gasteiger charge is 2.29. The predicted octanol–water partition coefficient (Wildman–Crippen LogP) is 3.14. The molecule has 0 aliphatic heterocycles. The van der Waals surface area contributed by atoms with Crippen molar-refractivity contribution >= 4 is 21.7 Å². The monoisotopic (exact) mass is 266 g/mol. The highest BCUT2D eigenvalue weighted by molar-refractivity contribution is 9.10. The molecule has 1 aromatic rings. The van der Waals surface area contributed by atoms with Gasteiger partial charge in [-0.15, -0.1) is 0 Å². The lowest BCUT2D eigenvalue weighted by molar-refractivity contribution is 0.103. The van der Waals surface area contributed by atoms with Crippen LogP contribution in [-0.4, -0.2) is 12.9 Å². The van der Waals surface area contributed by atoms with Crippen molar-refractivity contribution in [3.63, 3.8) is 0 Å². The van der Waals surface area contributed by atoms with Crippen molar-refractivity contribution in [1.82, 2.24) is 0 Å². The minimum Gasteiger partial charge on any atom is -0.496 e. The molecule has 0 atom stereocenters. The lowest BCUT2D eigenvalue weighted by Crippen LogP contribution is -1.98. The van der Waals surface area contributed by atoms with Crippen LogP contribution in [0.4, 0.5) is 0 Å². The summed E-state index contributed by atoms with van der Waals surface area (Å²) < 4.78 is 6.18. The molecule has 0 bridgehead atoms. The maximum atomic E-state index is 12.0. The number of hydrogen-bond donors (Lipinski definition) is 0. The third-order valence-corrected chi connectivity index (χ3v) is 3.41. The normalized spacial score (nSPS) is 17.0. The number of carbonyl (C=O) groups excluding carboxylic acids is 1. The van der Waals surface area contributed by atoms with E-state index in [1.54, 1.807) is 7.11 Å². The van der Waals surface area contributed by atoms with Crippen molar-refractivity contribution in [2.24, 2.45) is 0 Å². The first-order chi connectivity index (χ1) is 7.19. The molecule has 0 saturated carbocycles. The minimum atomic E-state index is 0.0886. The Labute approximate surface area is 97.1 Å². The third kappa shape index (κ3) is 1.51. The van der Waals surface area contributed by atoms with Crippen LogP contribution in [0, 0.1) is 0 Å². The van der Waals surface area contributed by atoms with Gasteiger partial charge in [-0.05, 0) is 24.6 Å². The Hall–Kier alpha value is -1.09. The summed E-state index contributed by atoms with van der Waals surface area (Å²) in [4.78, 5) is 12.0. The smallest absolute Gasteiger partial charge is 0.193 e. The Morgan fingerprint density at radius 2 is 2.20 bits per heavy atom. The van der Waals surface area contributed by atoms with Crippen LogP contribution in [-0.2, 0) is 6.42 Å². The molecule has 15 heavy (non-hydrogen) atoms. The molecule has 0 spiro atoms. The molecule has 0 amide bonds.